The molecule has 10 heavy (non-hydrogen) atoms. The standard InChI is InChI=1S/C6H13NOP2/c1-4(8)7-2-5(9)6(10)3-7/h5-6H,2-3,9-10H2,1H3/t5-,6-/m0/s1. The first kappa shape index (κ1) is 8.43. The van der Waals surface area contributed by atoms with Crippen molar-refractivity contribution in [2.75, 3.05) is 13.1 Å². The summed E-state index contributed by atoms with van der Waals surface area (Å²) in [5, 5.41) is 0. The van der Waals surface area contributed by atoms with Gasteiger partial charge in [-0.1, -0.05) is 0 Å². The number of amides is 1. The Labute approximate surface area is 66.1 Å². The van der Waals surface area contributed by atoms with Crippen LogP contribution in [0.15, 0.2) is 0 Å². The molecule has 1 fully saturated rings. The van der Waals surface area contributed by atoms with E-state index in [4.69, 9.17) is 0 Å². The molecule has 2 nitrogen and oxygen atoms in total. The predicted octanol–water partition coefficient (Wildman–Crippen LogP) is 0.336. The zero-order valence-electron chi connectivity index (χ0n) is 6.08. The minimum absolute atomic E-state index is 0.192. The average molecular weight is 177 g/mol. The third-order valence-electron chi connectivity index (χ3n) is 1.86. The monoisotopic (exact) mass is 177 g/mol. The van der Waals surface area contributed by atoms with Crippen molar-refractivity contribution in [2.24, 2.45) is 0 Å². The second-order valence-corrected chi connectivity index (χ2v) is 4.46. The molecule has 1 aliphatic rings. The van der Waals surface area contributed by atoms with E-state index < -0.39 is 0 Å². The molecule has 0 aromatic rings. The number of rotatable bonds is 0. The summed E-state index contributed by atoms with van der Waals surface area (Å²) in [5.41, 5.74) is 1.13. The summed E-state index contributed by atoms with van der Waals surface area (Å²) < 4.78 is 0. The van der Waals surface area contributed by atoms with E-state index in [-0.39, 0.29) is 5.91 Å². The van der Waals surface area contributed by atoms with Crippen LogP contribution in [0.4, 0.5) is 0 Å². The number of hydrogen-bond donors (Lipinski definition) is 0. The van der Waals surface area contributed by atoms with E-state index in [0.29, 0.717) is 11.3 Å². The maximum Gasteiger partial charge on any atom is 0.219 e. The molecule has 0 N–H and O–H groups in total. The molecule has 0 aliphatic carbocycles. The summed E-state index contributed by atoms with van der Waals surface area (Å²) in [4.78, 5) is 12.7. The van der Waals surface area contributed by atoms with Gasteiger partial charge in [0.05, 0.1) is 0 Å². The zero-order valence-corrected chi connectivity index (χ0v) is 8.39. The van der Waals surface area contributed by atoms with E-state index in [9.17, 15) is 4.79 Å². The van der Waals surface area contributed by atoms with Crippen LogP contribution in [0.2, 0.25) is 0 Å². The molecule has 0 bridgehead atoms. The molecule has 0 saturated carbocycles. The Kier molecular flexibility index (Phi) is 2.66. The number of nitrogens with zero attached hydrogens (tertiary/aromatic N) is 1. The Bertz CT molecular complexity index is 141. The third kappa shape index (κ3) is 1.68. The van der Waals surface area contributed by atoms with Crippen molar-refractivity contribution in [3.8, 4) is 0 Å². The lowest BCUT2D eigenvalue weighted by Crippen LogP contribution is -2.26. The molecule has 4 heteroatoms. The summed E-state index contributed by atoms with van der Waals surface area (Å²) in [6.07, 6.45) is 0. The topological polar surface area (TPSA) is 20.3 Å². The fourth-order valence-corrected chi connectivity index (χ4v) is 1.86. The van der Waals surface area contributed by atoms with Crippen molar-refractivity contribution in [1.29, 1.82) is 0 Å². The van der Waals surface area contributed by atoms with Crippen LogP contribution in [0.25, 0.3) is 0 Å². The molecule has 1 amide bonds. The third-order valence-corrected chi connectivity index (χ3v) is 3.71. The molecule has 1 saturated heterocycles. The zero-order chi connectivity index (χ0) is 7.72. The Morgan fingerprint density at radius 3 is 2.00 bits per heavy atom. The van der Waals surface area contributed by atoms with Crippen LogP contribution in [0.5, 0.6) is 0 Å². The van der Waals surface area contributed by atoms with Crippen LogP contribution in [0.1, 0.15) is 6.92 Å². The highest BCUT2D eigenvalue weighted by atomic mass is 31.0. The number of carbonyl (C=O) groups excluding carboxylic acids is 1. The molecular formula is C6H13NOP2. The molecule has 4 atom stereocenters. The summed E-state index contributed by atoms with van der Waals surface area (Å²) in [6.45, 7) is 3.42. The van der Waals surface area contributed by atoms with Crippen molar-refractivity contribution in [2.45, 2.75) is 18.2 Å². The molecule has 0 aromatic heterocycles. The number of carbonyl (C=O) groups is 1. The quantitative estimate of drug-likeness (QED) is 0.488. The molecule has 0 spiro atoms. The van der Waals surface area contributed by atoms with Crippen molar-refractivity contribution in [3.63, 3.8) is 0 Å². The van der Waals surface area contributed by atoms with Crippen molar-refractivity contribution in [1.82, 2.24) is 4.90 Å². The van der Waals surface area contributed by atoms with E-state index >= 15 is 0 Å². The summed E-state index contributed by atoms with van der Waals surface area (Å²) in [6, 6.07) is 0. The van der Waals surface area contributed by atoms with Crippen LogP contribution in [0, 0.1) is 0 Å². The van der Waals surface area contributed by atoms with Gasteiger partial charge in [-0.05, 0) is 11.3 Å². The van der Waals surface area contributed by atoms with Crippen molar-refractivity contribution < 1.29 is 4.79 Å². The van der Waals surface area contributed by atoms with Gasteiger partial charge in [0.2, 0.25) is 5.91 Å². The second kappa shape index (κ2) is 3.15. The van der Waals surface area contributed by atoms with Gasteiger partial charge in [-0.2, -0.15) is 0 Å². The van der Waals surface area contributed by atoms with Crippen LogP contribution in [0.3, 0.4) is 0 Å². The van der Waals surface area contributed by atoms with Gasteiger partial charge in [-0.25, -0.2) is 0 Å². The lowest BCUT2D eigenvalue weighted by molar-refractivity contribution is -0.127. The summed E-state index contributed by atoms with van der Waals surface area (Å²) in [5.74, 6) is 0.192. The Hall–Kier alpha value is 0.330. The highest BCUT2D eigenvalue weighted by molar-refractivity contribution is 7.23. The maximum atomic E-state index is 10.8. The Morgan fingerprint density at radius 2 is 1.80 bits per heavy atom. The minimum atomic E-state index is 0.192. The van der Waals surface area contributed by atoms with Crippen molar-refractivity contribution in [3.05, 3.63) is 0 Å². The summed E-state index contributed by atoms with van der Waals surface area (Å²) in [7, 11) is 5.53. The van der Waals surface area contributed by atoms with E-state index in [0.717, 1.165) is 13.1 Å². The molecule has 58 valence electrons. The Balaban J connectivity index is 2.49. The first-order valence-electron chi connectivity index (χ1n) is 3.38. The highest BCUT2D eigenvalue weighted by Crippen LogP contribution is 2.23. The van der Waals surface area contributed by atoms with Gasteiger partial charge in [0.1, 0.15) is 0 Å². The lowest BCUT2D eigenvalue weighted by atomic mass is 10.4. The van der Waals surface area contributed by atoms with E-state index in [2.05, 4.69) is 18.5 Å². The van der Waals surface area contributed by atoms with Crippen LogP contribution < -0.4 is 0 Å². The molecular weight excluding hydrogens is 164 g/mol. The van der Waals surface area contributed by atoms with Gasteiger partial charge in [0.25, 0.3) is 0 Å². The van der Waals surface area contributed by atoms with Crippen LogP contribution >= 0.6 is 18.5 Å². The van der Waals surface area contributed by atoms with Gasteiger partial charge >= 0.3 is 0 Å². The van der Waals surface area contributed by atoms with E-state index in [1.807, 2.05) is 4.90 Å². The molecule has 1 aliphatic heterocycles. The molecule has 0 radical (unpaired) electrons. The largest absolute Gasteiger partial charge is 0.342 e. The van der Waals surface area contributed by atoms with Gasteiger partial charge in [-0.3, -0.25) is 4.79 Å². The lowest BCUT2D eigenvalue weighted by Gasteiger charge is -2.11. The highest BCUT2D eigenvalue weighted by Gasteiger charge is 2.27. The Morgan fingerprint density at radius 1 is 1.40 bits per heavy atom. The fourth-order valence-electron chi connectivity index (χ4n) is 1.11. The average Bonchev–Trinajstić information content (AvgIpc) is 2.13. The van der Waals surface area contributed by atoms with Crippen molar-refractivity contribution >= 4 is 24.4 Å². The molecule has 2 unspecified atom stereocenters. The smallest absolute Gasteiger partial charge is 0.219 e. The molecule has 0 aromatic carbocycles. The van der Waals surface area contributed by atoms with Gasteiger partial charge < -0.3 is 4.90 Å². The fraction of sp³-hybridized carbons (Fsp3) is 0.833. The maximum absolute atomic E-state index is 10.8. The number of likely N-dealkylation sites (tertiary alicyclic amines) is 1. The van der Waals surface area contributed by atoms with E-state index in [1.54, 1.807) is 6.92 Å². The second-order valence-electron chi connectivity index (χ2n) is 2.75. The number of hydrogen-bond acceptors (Lipinski definition) is 1. The summed E-state index contributed by atoms with van der Waals surface area (Å²) >= 11 is 0. The van der Waals surface area contributed by atoms with Gasteiger partial charge in [0, 0.05) is 20.0 Å². The first-order chi connectivity index (χ1) is 4.61. The van der Waals surface area contributed by atoms with Crippen LogP contribution in [-0.2, 0) is 4.79 Å². The SMILES string of the molecule is CC(=O)N1C[C@H](P)[C@@H](P)C1. The predicted molar refractivity (Wildman–Crippen MR) is 49.3 cm³/mol. The molecule has 1 rings (SSSR count). The molecule has 1 heterocycles. The van der Waals surface area contributed by atoms with Gasteiger partial charge in [-0.15, -0.1) is 18.5 Å². The first-order valence-corrected chi connectivity index (χ1v) is 4.71. The minimum Gasteiger partial charge on any atom is -0.342 e. The van der Waals surface area contributed by atoms with E-state index in [1.165, 1.54) is 0 Å². The van der Waals surface area contributed by atoms with Crippen LogP contribution in [-0.4, -0.2) is 35.2 Å². The normalized spacial score (nSPS) is 32.9. The van der Waals surface area contributed by atoms with Gasteiger partial charge in [0.15, 0.2) is 0 Å².